The van der Waals surface area contributed by atoms with Gasteiger partial charge < -0.3 is 9.80 Å². The number of pyridine rings is 1. The van der Waals surface area contributed by atoms with Crippen molar-refractivity contribution in [1.29, 1.82) is 0 Å². The number of aromatic nitrogens is 1. The second-order valence-electron chi connectivity index (χ2n) is 5.33. The molecule has 0 amide bonds. The molecule has 3 heterocycles. The van der Waals surface area contributed by atoms with Crippen LogP contribution in [-0.4, -0.2) is 43.6 Å². The van der Waals surface area contributed by atoms with Crippen molar-refractivity contribution in [2.24, 2.45) is 0 Å². The SMILES string of the molecule is CC.CC.CN1CCC2(CC1)CN(C)c1cnccc12. The molecule has 0 N–H and O–H groups in total. The quantitative estimate of drug-likeness (QED) is 0.723. The Morgan fingerprint density at radius 3 is 2.25 bits per heavy atom. The molecule has 1 spiro atoms. The smallest absolute Gasteiger partial charge is 0.0589 e. The Kier molecular flexibility index (Phi) is 6.47. The Hall–Kier alpha value is -1.09. The van der Waals surface area contributed by atoms with Crippen LogP contribution in [0.2, 0.25) is 0 Å². The number of likely N-dealkylation sites (N-methyl/N-ethyl adjacent to an activating group) is 1. The first-order chi connectivity index (χ1) is 9.71. The maximum atomic E-state index is 4.25. The van der Waals surface area contributed by atoms with E-state index in [4.69, 9.17) is 0 Å². The summed E-state index contributed by atoms with van der Waals surface area (Å²) >= 11 is 0. The Morgan fingerprint density at radius 1 is 1.05 bits per heavy atom. The van der Waals surface area contributed by atoms with Crippen LogP contribution in [0.4, 0.5) is 5.69 Å². The highest BCUT2D eigenvalue weighted by Gasteiger charge is 2.42. The van der Waals surface area contributed by atoms with Crippen LogP contribution in [0.15, 0.2) is 18.5 Å². The first-order valence-electron chi connectivity index (χ1n) is 8.05. The molecule has 114 valence electrons. The van der Waals surface area contributed by atoms with Gasteiger partial charge in [-0.1, -0.05) is 27.7 Å². The van der Waals surface area contributed by atoms with Crippen LogP contribution in [-0.2, 0) is 5.41 Å². The van der Waals surface area contributed by atoms with Gasteiger partial charge in [-0.2, -0.15) is 0 Å². The maximum Gasteiger partial charge on any atom is 0.0589 e. The van der Waals surface area contributed by atoms with Crippen LogP contribution in [0.3, 0.4) is 0 Å². The second kappa shape index (κ2) is 7.63. The Bertz CT molecular complexity index is 395. The van der Waals surface area contributed by atoms with Crippen LogP contribution in [0.5, 0.6) is 0 Å². The van der Waals surface area contributed by atoms with Crippen molar-refractivity contribution in [2.75, 3.05) is 38.6 Å². The molecule has 1 aromatic heterocycles. The van der Waals surface area contributed by atoms with Crippen molar-refractivity contribution in [1.82, 2.24) is 9.88 Å². The summed E-state index contributed by atoms with van der Waals surface area (Å²) < 4.78 is 0. The van der Waals surface area contributed by atoms with Crippen LogP contribution in [0, 0.1) is 0 Å². The third kappa shape index (κ3) is 3.14. The van der Waals surface area contributed by atoms with Crippen molar-refractivity contribution in [3.05, 3.63) is 24.0 Å². The summed E-state index contributed by atoms with van der Waals surface area (Å²) in [6.07, 6.45) is 6.52. The van der Waals surface area contributed by atoms with Gasteiger partial charge in [-0.15, -0.1) is 0 Å². The molecule has 1 fully saturated rings. The predicted octanol–water partition coefficient (Wildman–Crippen LogP) is 3.55. The summed E-state index contributed by atoms with van der Waals surface area (Å²) in [7, 11) is 4.41. The molecule has 2 aliphatic rings. The Balaban J connectivity index is 0.000000461. The van der Waals surface area contributed by atoms with Crippen molar-refractivity contribution < 1.29 is 0 Å². The lowest BCUT2D eigenvalue weighted by atomic mass is 9.75. The number of likely N-dealkylation sites (tertiary alicyclic amines) is 1. The number of rotatable bonds is 0. The molecule has 0 unspecified atom stereocenters. The topological polar surface area (TPSA) is 19.4 Å². The molecule has 1 saturated heterocycles. The molecular weight excluding hydrogens is 246 g/mol. The lowest BCUT2D eigenvalue weighted by Gasteiger charge is -2.38. The summed E-state index contributed by atoms with van der Waals surface area (Å²) in [6, 6.07) is 2.23. The van der Waals surface area contributed by atoms with Gasteiger partial charge in [0.15, 0.2) is 0 Å². The van der Waals surface area contributed by atoms with Crippen molar-refractivity contribution in [2.45, 2.75) is 46.0 Å². The molecule has 2 aliphatic heterocycles. The summed E-state index contributed by atoms with van der Waals surface area (Å²) in [6.45, 7) is 11.6. The van der Waals surface area contributed by atoms with Crippen LogP contribution >= 0.6 is 0 Å². The average Bonchev–Trinajstić information content (AvgIpc) is 2.80. The second-order valence-corrected chi connectivity index (χ2v) is 5.33. The summed E-state index contributed by atoms with van der Waals surface area (Å²) in [5.74, 6) is 0. The van der Waals surface area contributed by atoms with E-state index in [-0.39, 0.29) is 0 Å². The average molecular weight is 277 g/mol. The molecule has 0 saturated carbocycles. The first kappa shape index (κ1) is 17.0. The van der Waals surface area contributed by atoms with Gasteiger partial charge >= 0.3 is 0 Å². The fraction of sp³-hybridized carbons (Fsp3) is 0.706. The van der Waals surface area contributed by atoms with Crippen LogP contribution in [0.1, 0.15) is 46.1 Å². The number of hydrogen-bond acceptors (Lipinski definition) is 3. The third-order valence-electron chi connectivity index (χ3n) is 4.27. The van der Waals surface area contributed by atoms with Gasteiger partial charge in [0.05, 0.1) is 11.9 Å². The van der Waals surface area contributed by atoms with E-state index in [1.165, 1.54) is 43.7 Å². The zero-order valence-corrected chi connectivity index (χ0v) is 14.1. The van der Waals surface area contributed by atoms with Crippen molar-refractivity contribution in [3.63, 3.8) is 0 Å². The number of fused-ring (bicyclic) bond motifs is 2. The van der Waals surface area contributed by atoms with Gasteiger partial charge in [-0.3, -0.25) is 4.98 Å². The maximum absolute atomic E-state index is 4.25. The molecule has 1 aromatic rings. The first-order valence-corrected chi connectivity index (χ1v) is 8.05. The fourth-order valence-corrected chi connectivity index (χ4v) is 3.24. The summed E-state index contributed by atoms with van der Waals surface area (Å²) in [4.78, 5) is 9.05. The molecule has 20 heavy (non-hydrogen) atoms. The molecule has 0 aromatic carbocycles. The zero-order chi connectivity index (χ0) is 15.2. The van der Waals surface area contributed by atoms with Crippen molar-refractivity contribution >= 4 is 5.69 Å². The van der Waals surface area contributed by atoms with Gasteiger partial charge in [0, 0.05) is 25.2 Å². The van der Waals surface area contributed by atoms with Gasteiger partial charge in [-0.05, 0) is 44.6 Å². The molecule has 0 bridgehead atoms. The molecule has 3 heteroatoms. The lowest BCUT2D eigenvalue weighted by molar-refractivity contribution is 0.197. The van der Waals surface area contributed by atoms with Crippen LogP contribution in [0.25, 0.3) is 0 Å². The van der Waals surface area contributed by atoms with Crippen LogP contribution < -0.4 is 4.90 Å². The van der Waals surface area contributed by atoms with E-state index >= 15 is 0 Å². The molecule has 0 aliphatic carbocycles. The fourth-order valence-electron chi connectivity index (χ4n) is 3.24. The molecule has 3 nitrogen and oxygen atoms in total. The minimum Gasteiger partial charge on any atom is -0.372 e. The highest BCUT2D eigenvalue weighted by atomic mass is 15.2. The highest BCUT2D eigenvalue weighted by molar-refractivity contribution is 5.60. The minimum atomic E-state index is 0.402. The largest absolute Gasteiger partial charge is 0.372 e. The van der Waals surface area contributed by atoms with E-state index in [1.807, 2.05) is 40.1 Å². The van der Waals surface area contributed by atoms with Crippen molar-refractivity contribution in [3.8, 4) is 0 Å². The molecular formula is C17H31N3. The standard InChI is InChI=1S/C13H19N3.2C2H6/c1-15-7-4-13(5-8-15)10-16(2)12-9-14-6-3-11(12)13;2*1-2/h3,6,9H,4-5,7-8,10H2,1-2H3;2*1-2H3. The van der Waals surface area contributed by atoms with Gasteiger partial charge in [0.25, 0.3) is 0 Å². The van der Waals surface area contributed by atoms with E-state index in [0.29, 0.717) is 5.41 Å². The molecule has 0 atom stereocenters. The van der Waals surface area contributed by atoms with E-state index in [0.717, 1.165) is 0 Å². The van der Waals surface area contributed by atoms with E-state index < -0.39 is 0 Å². The van der Waals surface area contributed by atoms with E-state index in [9.17, 15) is 0 Å². The Labute approximate surface area is 125 Å². The molecule has 3 rings (SSSR count). The highest BCUT2D eigenvalue weighted by Crippen LogP contribution is 2.45. The predicted molar refractivity (Wildman–Crippen MR) is 88.6 cm³/mol. The zero-order valence-electron chi connectivity index (χ0n) is 14.1. The number of piperidine rings is 1. The Morgan fingerprint density at radius 2 is 1.65 bits per heavy atom. The van der Waals surface area contributed by atoms with E-state index in [1.54, 1.807) is 0 Å². The van der Waals surface area contributed by atoms with E-state index in [2.05, 4.69) is 34.9 Å². The lowest BCUT2D eigenvalue weighted by Crippen LogP contribution is -2.43. The van der Waals surface area contributed by atoms with Gasteiger partial charge in [-0.25, -0.2) is 0 Å². The number of anilines is 1. The summed E-state index contributed by atoms with van der Waals surface area (Å²) in [5, 5.41) is 0. The third-order valence-corrected chi connectivity index (χ3v) is 4.27. The molecule has 0 radical (unpaired) electrons. The minimum absolute atomic E-state index is 0.402. The van der Waals surface area contributed by atoms with Gasteiger partial charge in [0.2, 0.25) is 0 Å². The summed E-state index contributed by atoms with van der Waals surface area (Å²) in [5.41, 5.74) is 3.27. The monoisotopic (exact) mass is 277 g/mol. The normalized spacial score (nSPS) is 19.6. The number of nitrogens with zero attached hydrogens (tertiary/aromatic N) is 3. The number of hydrogen-bond donors (Lipinski definition) is 0. The van der Waals surface area contributed by atoms with Gasteiger partial charge in [0.1, 0.15) is 0 Å².